The zero-order valence-electron chi connectivity index (χ0n) is 51.2. The standard InChI is InChI=1S/C36H58O59S10/c1-9(37)79-25-16(73-3)18(85-34-28(94-104(66,67)68)20(89-99(51,52)53)13(72-2)10(81-34)6-76-96(42,43)44)23(30(38)39)87-33(25)83-15-12(8-78-98(48,49)50)82-35(29(95-105(69,70)71)22(15)91-101(57,58)59)86-19-17(74-4)26(92-102(60,61)62)36(88-24(19)31(40)41)84-14-11(7-77-97(45,46)47)80-32(75-5)27(93-103(63,64)65)21(14)90-100(54,55)56/h10-29,32-36H,6-8H2,1-5H3,(H,38,39)(H,40,41)(H,42,43,44)(H,45,46,47)(H,48,49,50)(H,51,52,53)(H,54,55,56)(H,57,58,59)(H,60,61,62)(H,63,64,65)(H,66,67,68)(H,69,70,71)/p-12/t10-,11-,12-,13-,14-,15-,16+,17+,18+,19+,20+,21+,22+,23+,24-,25-,26-,27-,28-,29-,32+,33-,34-,35-,36-/m1/s1. The summed E-state index contributed by atoms with van der Waals surface area (Å²) in [5.41, 5.74) is 0. The van der Waals surface area contributed by atoms with Crippen LogP contribution in [0.25, 0.3) is 0 Å². The van der Waals surface area contributed by atoms with Crippen LogP contribution in [0.5, 0.6) is 0 Å². The Labute approximate surface area is 590 Å². The molecule has 0 aromatic carbocycles. The Morgan fingerprint density at radius 3 is 0.771 bits per heavy atom. The van der Waals surface area contributed by atoms with Crippen molar-refractivity contribution in [1.29, 1.82) is 0 Å². The van der Waals surface area contributed by atoms with Crippen LogP contribution in [-0.2, 0) is 227 Å². The maximum absolute atomic E-state index is 13.2. The molecule has 105 heavy (non-hydrogen) atoms. The molecule has 59 nitrogen and oxygen atoms in total. The normalized spacial score (nSPS) is 35.3. The van der Waals surface area contributed by atoms with Gasteiger partial charge in [-0.05, 0) is 0 Å². The lowest BCUT2D eigenvalue weighted by atomic mass is 9.95. The van der Waals surface area contributed by atoms with Crippen molar-refractivity contribution in [3.05, 3.63) is 0 Å². The molecule has 0 aliphatic carbocycles. The molecule has 0 N–H and O–H groups in total. The first-order chi connectivity index (χ1) is 47.5. The van der Waals surface area contributed by atoms with Gasteiger partial charge in [0.05, 0.1) is 31.8 Å². The van der Waals surface area contributed by atoms with Gasteiger partial charge in [-0.3, -0.25) is 46.6 Å². The second kappa shape index (κ2) is 35.5. The highest BCUT2D eigenvalue weighted by molar-refractivity contribution is 7.83. The van der Waals surface area contributed by atoms with Crippen LogP contribution in [0.1, 0.15) is 6.92 Å². The summed E-state index contributed by atoms with van der Waals surface area (Å²) in [5.74, 6) is -7.40. The first kappa shape index (κ1) is 92.2. The van der Waals surface area contributed by atoms with E-state index >= 15 is 0 Å². The van der Waals surface area contributed by atoms with Gasteiger partial charge in [0.1, 0.15) is 91.6 Å². The van der Waals surface area contributed by atoms with E-state index in [4.69, 9.17) is 66.3 Å². The highest BCUT2D eigenvalue weighted by Gasteiger charge is 2.62. The van der Waals surface area contributed by atoms with Crippen molar-refractivity contribution >= 4 is 122 Å². The second-order valence-electron chi connectivity index (χ2n) is 20.3. The Bertz CT molecular complexity index is 4230. The quantitative estimate of drug-likeness (QED) is 0.0315. The minimum absolute atomic E-state index is 0.275. The monoisotopic (exact) mass is 1740 g/mol. The van der Waals surface area contributed by atoms with E-state index in [1.165, 1.54) is 0 Å². The second-order valence-corrected chi connectivity index (χ2v) is 30.5. The third kappa shape index (κ3) is 28.4. The third-order valence-corrected chi connectivity index (χ3v) is 18.0. The average molecular weight is 1740 g/mol. The summed E-state index contributed by atoms with van der Waals surface area (Å²) in [4.78, 5) is 39.3. The van der Waals surface area contributed by atoms with E-state index in [-0.39, 0.29) is 7.11 Å². The lowest BCUT2D eigenvalue weighted by Gasteiger charge is -2.52. The summed E-state index contributed by atoms with van der Waals surface area (Å²) >= 11 is 0. The van der Waals surface area contributed by atoms with Gasteiger partial charge in [0, 0.05) is 35.4 Å². The molecular weight excluding hydrogens is 1700 g/mol. The Hall–Kier alpha value is -3.41. The molecule has 0 radical (unpaired) electrons. The molecule has 5 aliphatic heterocycles. The number of hydrogen-bond donors (Lipinski definition) is 0. The molecule has 5 fully saturated rings. The number of carbonyl (C=O) groups is 3. The SMILES string of the molecule is CO[C@H]1O[C@H](COS(=O)(=O)[O-])[C@@H](O[C@@H]2O[C@@H](C(=O)[O-])[C@@H](O[C@H]3O[C@H](COS(=O)(=O)[O-])[C@@H](O[C@@H]4O[C@H](C(=O)[O-])[C@@H](O[C@H]5O[C@H](COS(=O)(=O)[O-])[C@@H](OC)[C@H](OS(=O)(=O)[O-])[C@H]5OS(=O)(=O)[O-])[C@H](OC)[C@H]4OC(C)=O)[C@H](OS(=O)(=O)[O-])[C@H]3OS(=O)(=O)[O-])[C@H](OC)[C@H]2OS(=O)(=O)[O-])[C@H](OS(=O)(=O)[O-])[C@H]1OS(=O)(=O)[O-]. The minimum atomic E-state index is -6.84. The van der Waals surface area contributed by atoms with Gasteiger partial charge >= 0.3 is 5.97 Å². The van der Waals surface area contributed by atoms with Crippen molar-refractivity contribution in [2.75, 3.05) is 48.3 Å². The van der Waals surface area contributed by atoms with Crippen LogP contribution in [0.4, 0.5) is 0 Å². The van der Waals surface area contributed by atoms with Crippen molar-refractivity contribution in [3.63, 3.8) is 0 Å². The molecule has 5 aliphatic rings. The molecular formula is C36H46O59S10-12. The van der Waals surface area contributed by atoms with Crippen LogP contribution in [0.15, 0.2) is 0 Å². The van der Waals surface area contributed by atoms with Crippen LogP contribution in [0, 0.1) is 0 Å². The molecule has 0 aromatic rings. The topological polar surface area (TPSA) is 891 Å². The molecule has 69 heteroatoms. The zero-order chi connectivity index (χ0) is 80.3. The minimum Gasteiger partial charge on any atom is -0.726 e. The number of esters is 1. The molecule has 0 saturated carbocycles. The van der Waals surface area contributed by atoms with E-state index in [0.29, 0.717) is 28.3 Å². The summed E-state index contributed by atoms with van der Waals surface area (Å²) < 4.78 is 480. The summed E-state index contributed by atoms with van der Waals surface area (Å²) in [7, 11) is -62.3. The van der Waals surface area contributed by atoms with E-state index in [9.17, 15) is 154 Å². The summed E-state index contributed by atoms with van der Waals surface area (Å²) in [6, 6.07) is 0. The number of aliphatic carboxylic acids is 2. The Morgan fingerprint density at radius 1 is 0.276 bits per heavy atom. The summed E-state index contributed by atoms with van der Waals surface area (Å²) in [6.07, 6.45) is -79.1. The van der Waals surface area contributed by atoms with Gasteiger partial charge in [-0.15, -0.1) is 0 Å². The highest BCUT2D eigenvalue weighted by Crippen LogP contribution is 2.42. The molecule has 25 atom stereocenters. The summed E-state index contributed by atoms with van der Waals surface area (Å²) in [5, 5.41) is 26.4. The number of hydrogen-bond acceptors (Lipinski definition) is 59. The third-order valence-electron chi connectivity index (χ3n) is 13.5. The largest absolute Gasteiger partial charge is 0.726 e. The summed E-state index contributed by atoms with van der Waals surface area (Å²) in [6.45, 7) is -5.49. The number of carboxylic acids is 2. The number of carboxylic acid groups (broad SMARTS) is 2. The Kier molecular flexibility index (Phi) is 31.2. The van der Waals surface area contributed by atoms with Crippen LogP contribution in [0.2, 0.25) is 0 Å². The molecule has 0 amide bonds. The molecule has 0 aromatic heterocycles. The van der Waals surface area contributed by atoms with Gasteiger partial charge in [0.25, 0.3) is 0 Å². The number of carbonyl (C=O) groups excluding carboxylic acids is 3. The molecule has 0 bridgehead atoms. The lowest BCUT2D eigenvalue weighted by Crippen LogP contribution is -2.71. The van der Waals surface area contributed by atoms with Crippen molar-refractivity contribution < 1.29 is 262 Å². The van der Waals surface area contributed by atoms with Crippen LogP contribution in [0.3, 0.4) is 0 Å². The van der Waals surface area contributed by atoms with E-state index in [1.807, 2.05) is 0 Å². The molecule has 5 saturated heterocycles. The molecule has 0 spiro atoms. The van der Waals surface area contributed by atoms with Gasteiger partial charge in [0.15, 0.2) is 62.0 Å². The van der Waals surface area contributed by atoms with Crippen molar-refractivity contribution in [2.45, 2.75) is 160 Å². The molecule has 0 unspecified atom stereocenters. The highest BCUT2D eigenvalue weighted by atomic mass is 32.3. The number of ether oxygens (including phenoxy) is 14. The predicted molar refractivity (Wildman–Crippen MR) is 277 cm³/mol. The number of methoxy groups -OCH3 is 4. The Balaban J connectivity index is 1.74. The fourth-order valence-electron chi connectivity index (χ4n) is 10.2. The molecule has 5 rings (SSSR count). The Morgan fingerprint density at radius 2 is 0.505 bits per heavy atom. The predicted octanol–water partition coefficient (Wildman–Crippen LogP) is -16.4. The van der Waals surface area contributed by atoms with Crippen molar-refractivity contribution in [3.8, 4) is 0 Å². The van der Waals surface area contributed by atoms with Gasteiger partial charge in [-0.25, -0.2) is 84.2 Å². The fraction of sp³-hybridized carbons (Fsp3) is 0.917. The first-order valence-corrected chi connectivity index (χ1v) is 39.8. The van der Waals surface area contributed by atoms with Crippen molar-refractivity contribution in [2.24, 2.45) is 0 Å². The van der Waals surface area contributed by atoms with Crippen LogP contribution < -0.4 is 10.2 Å². The number of rotatable bonds is 38. The first-order valence-electron chi connectivity index (χ1n) is 26.4. The molecule has 616 valence electrons. The maximum Gasteiger partial charge on any atom is 0.303 e. The van der Waals surface area contributed by atoms with E-state index in [2.05, 4.69) is 41.8 Å². The smallest absolute Gasteiger partial charge is 0.303 e. The van der Waals surface area contributed by atoms with E-state index in [0.717, 1.165) is 0 Å². The van der Waals surface area contributed by atoms with Gasteiger partial charge < -0.3 is 132 Å². The van der Waals surface area contributed by atoms with E-state index in [1.54, 1.807) is 0 Å². The van der Waals surface area contributed by atoms with Gasteiger partial charge in [0.2, 0.25) is 104 Å². The van der Waals surface area contributed by atoms with Gasteiger partial charge in [-0.2, -0.15) is 0 Å². The van der Waals surface area contributed by atoms with Gasteiger partial charge in [-0.1, -0.05) is 0 Å². The maximum atomic E-state index is 13.2. The molecule has 5 heterocycles. The van der Waals surface area contributed by atoms with Crippen molar-refractivity contribution in [1.82, 2.24) is 0 Å². The fourth-order valence-corrected chi connectivity index (χ4v) is 14.5. The van der Waals surface area contributed by atoms with E-state index < -0.39 is 295 Å². The zero-order valence-corrected chi connectivity index (χ0v) is 59.4. The lowest BCUT2D eigenvalue weighted by molar-refractivity contribution is -0.397. The average Bonchev–Trinajstić information content (AvgIpc) is 0.759. The van der Waals surface area contributed by atoms with Crippen LogP contribution in [-0.4, -0.2) is 349 Å². The van der Waals surface area contributed by atoms with Crippen LogP contribution >= 0.6 is 0 Å².